The number of likely N-dealkylation sites (N-methyl/N-ethyl adjacent to an activating group) is 1. The Morgan fingerprint density at radius 2 is 1.82 bits per heavy atom. The summed E-state index contributed by atoms with van der Waals surface area (Å²) >= 11 is 1.25. The van der Waals surface area contributed by atoms with Crippen molar-refractivity contribution in [3.63, 3.8) is 0 Å². The van der Waals surface area contributed by atoms with Gasteiger partial charge in [0.1, 0.15) is 0 Å². The van der Waals surface area contributed by atoms with E-state index in [0.717, 1.165) is 30.5 Å². The SMILES string of the molecule is CCCCn1c(SC(C)C(=O)N(C)CC(=O)Nc2ccccc2CC)nc2ccccc2c1=O. The third-order valence-corrected chi connectivity index (χ3v) is 6.70. The molecule has 34 heavy (non-hydrogen) atoms. The highest BCUT2D eigenvalue weighted by Gasteiger charge is 2.23. The maximum absolute atomic E-state index is 13.1. The van der Waals surface area contributed by atoms with Gasteiger partial charge in [-0.1, -0.05) is 62.4 Å². The van der Waals surface area contributed by atoms with Gasteiger partial charge < -0.3 is 10.2 Å². The van der Waals surface area contributed by atoms with Gasteiger partial charge in [-0.25, -0.2) is 4.98 Å². The summed E-state index contributed by atoms with van der Waals surface area (Å²) in [6, 6.07) is 14.9. The smallest absolute Gasteiger partial charge is 0.262 e. The van der Waals surface area contributed by atoms with Crippen LogP contribution in [0.1, 0.15) is 39.2 Å². The van der Waals surface area contributed by atoms with Crippen LogP contribution >= 0.6 is 11.8 Å². The number of hydrogen-bond acceptors (Lipinski definition) is 5. The Morgan fingerprint density at radius 3 is 2.56 bits per heavy atom. The molecule has 0 aliphatic carbocycles. The van der Waals surface area contributed by atoms with Crippen molar-refractivity contribution in [1.29, 1.82) is 0 Å². The van der Waals surface area contributed by atoms with Gasteiger partial charge in [-0.3, -0.25) is 19.0 Å². The maximum atomic E-state index is 13.1. The maximum Gasteiger partial charge on any atom is 0.262 e. The molecule has 3 rings (SSSR count). The molecule has 2 amide bonds. The molecule has 7 nitrogen and oxygen atoms in total. The van der Waals surface area contributed by atoms with Crippen LogP contribution in [0, 0.1) is 0 Å². The number of fused-ring (bicyclic) bond motifs is 1. The predicted octanol–water partition coefficient (Wildman–Crippen LogP) is 4.34. The Morgan fingerprint density at radius 1 is 1.12 bits per heavy atom. The number of nitrogens with zero attached hydrogens (tertiary/aromatic N) is 3. The van der Waals surface area contributed by atoms with Crippen LogP contribution in [0.4, 0.5) is 5.69 Å². The topological polar surface area (TPSA) is 84.3 Å². The molecule has 1 N–H and O–H groups in total. The molecule has 0 aliphatic rings. The second kappa shape index (κ2) is 11.8. The molecule has 1 unspecified atom stereocenters. The monoisotopic (exact) mass is 480 g/mol. The number of aryl methyl sites for hydroxylation is 1. The Bertz CT molecular complexity index is 1220. The predicted molar refractivity (Wildman–Crippen MR) is 138 cm³/mol. The van der Waals surface area contributed by atoms with E-state index >= 15 is 0 Å². The van der Waals surface area contributed by atoms with Crippen molar-refractivity contribution in [1.82, 2.24) is 14.5 Å². The molecule has 2 aromatic carbocycles. The molecule has 0 spiro atoms. The first-order chi connectivity index (χ1) is 16.3. The first-order valence-electron chi connectivity index (χ1n) is 11.6. The van der Waals surface area contributed by atoms with Gasteiger partial charge in [0.2, 0.25) is 11.8 Å². The lowest BCUT2D eigenvalue weighted by Crippen LogP contribution is -2.39. The van der Waals surface area contributed by atoms with E-state index in [2.05, 4.69) is 17.2 Å². The average Bonchev–Trinajstić information content (AvgIpc) is 2.83. The molecule has 0 fully saturated rings. The molecule has 1 aromatic heterocycles. The van der Waals surface area contributed by atoms with Crippen LogP contribution in [-0.2, 0) is 22.6 Å². The molecule has 8 heteroatoms. The molecule has 0 radical (unpaired) electrons. The Hall–Kier alpha value is -3.13. The molecule has 0 aliphatic heterocycles. The van der Waals surface area contributed by atoms with E-state index in [1.54, 1.807) is 24.6 Å². The number of hydrogen-bond donors (Lipinski definition) is 1. The van der Waals surface area contributed by atoms with Gasteiger partial charge in [0.15, 0.2) is 5.16 Å². The standard InChI is InChI=1S/C26H32N4O3S/c1-5-7-16-30-25(33)20-13-9-11-15-22(20)28-26(30)34-18(3)24(32)29(4)17-23(31)27-21-14-10-8-12-19(21)6-2/h8-15,18H,5-7,16-17H2,1-4H3,(H,27,31). The van der Waals surface area contributed by atoms with Crippen molar-refractivity contribution in [3.8, 4) is 0 Å². The number of nitrogens with one attached hydrogen (secondary N) is 1. The fraction of sp³-hybridized carbons (Fsp3) is 0.385. The fourth-order valence-electron chi connectivity index (χ4n) is 3.70. The lowest BCUT2D eigenvalue weighted by atomic mass is 10.1. The Labute approximate surface area is 204 Å². The van der Waals surface area contributed by atoms with Crippen LogP contribution in [0.3, 0.4) is 0 Å². The number of carbonyl (C=O) groups excluding carboxylic acids is 2. The highest BCUT2D eigenvalue weighted by molar-refractivity contribution is 8.00. The number of anilines is 1. The Kier molecular flexibility index (Phi) is 8.87. The number of aromatic nitrogens is 2. The van der Waals surface area contributed by atoms with Crippen molar-refractivity contribution in [2.24, 2.45) is 0 Å². The van der Waals surface area contributed by atoms with E-state index in [4.69, 9.17) is 0 Å². The van der Waals surface area contributed by atoms with Crippen molar-refractivity contribution in [3.05, 3.63) is 64.4 Å². The molecule has 3 aromatic rings. The van der Waals surface area contributed by atoms with Gasteiger partial charge in [0.25, 0.3) is 5.56 Å². The minimum atomic E-state index is -0.512. The average molecular weight is 481 g/mol. The van der Waals surface area contributed by atoms with Gasteiger partial charge in [0.05, 0.1) is 22.7 Å². The molecular weight excluding hydrogens is 448 g/mol. The van der Waals surface area contributed by atoms with Gasteiger partial charge >= 0.3 is 0 Å². The van der Waals surface area contributed by atoms with E-state index in [1.807, 2.05) is 49.4 Å². The zero-order valence-corrected chi connectivity index (χ0v) is 21.0. The van der Waals surface area contributed by atoms with Crippen LogP contribution in [0.15, 0.2) is 58.5 Å². The first kappa shape index (κ1) is 25.5. The first-order valence-corrected chi connectivity index (χ1v) is 12.5. The number of carbonyl (C=O) groups is 2. The van der Waals surface area contributed by atoms with Crippen LogP contribution in [0.5, 0.6) is 0 Å². The molecule has 0 saturated heterocycles. The van der Waals surface area contributed by atoms with Crippen molar-refractivity contribution in [2.45, 2.75) is 57.0 Å². The third-order valence-electron chi connectivity index (χ3n) is 5.62. The summed E-state index contributed by atoms with van der Waals surface area (Å²) in [5, 5.41) is 3.48. The number of thioether (sulfide) groups is 1. The zero-order chi connectivity index (χ0) is 24.7. The molecule has 0 saturated carbocycles. The minimum Gasteiger partial charge on any atom is -0.335 e. The van der Waals surface area contributed by atoms with Crippen LogP contribution in [-0.4, -0.2) is 45.1 Å². The summed E-state index contributed by atoms with van der Waals surface area (Å²) in [6.07, 6.45) is 2.59. The lowest BCUT2D eigenvalue weighted by molar-refractivity contribution is -0.132. The zero-order valence-electron chi connectivity index (χ0n) is 20.2. The number of para-hydroxylation sites is 2. The van der Waals surface area contributed by atoms with Crippen molar-refractivity contribution in [2.75, 3.05) is 18.9 Å². The van der Waals surface area contributed by atoms with E-state index in [9.17, 15) is 14.4 Å². The van der Waals surface area contributed by atoms with Crippen LogP contribution < -0.4 is 10.9 Å². The lowest BCUT2D eigenvalue weighted by Gasteiger charge is -2.22. The molecule has 0 bridgehead atoms. The molecular formula is C26H32N4O3S. The van der Waals surface area contributed by atoms with E-state index in [1.165, 1.54) is 16.7 Å². The molecule has 1 atom stereocenters. The summed E-state index contributed by atoms with van der Waals surface area (Å²) in [6.45, 7) is 6.36. The summed E-state index contributed by atoms with van der Waals surface area (Å²) < 4.78 is 1.66. The number of rotatable bonds is 10. The summed E-state index contributed by atoms with van der Waals surface area (Å²) in [5.74, 6) is -0.453. The highest BCUT2D eigenvalue weighted by atomic mass is 32.2. The Balaban J connectivity index is 1.73. The largest absolute Gasteiger partial charge is 0.335 e. The normalized spacial score (nSPS) is 11.9. The van der Waals surface area contributed by atoms with E-state index in [-0.39, 0.29) is 23.9 Å². The van der Waals surface area contributed by atoms with Crippen molar-refractivity contribution >= 4 is 40.2 Å². The fourth-order valence-corrected chi connectivity index (χ4v) is 4.75. The van der Waals surface area contributed by atoms with Gasteiger partial charge in [-0.05, 0) is 43.5 Å². The van der Waals surface area contributed by atoms with Crippen molar-refractivity contribution < 1.29 is 9.59 Å². The number of amides is 2. The second-order valence-corrected chi connectivity index (χ2v) is 9.54. The summed E-state index contributed by atoms with van der Waals surface area (Å²) in [4.78, 5) is 44.8. The minimum absolute atomic E-state index is 0.0599. The number of benzene rings is 2. The third kappa shape index (κ3) is 6.05. The van der Waals surface area contributed by atoms with Crippen LogP contribution in [0.25, 0.3) is 10.9 Å². The van der Waals surface area contributed by atoms with Gasteiger partial charge in [-0.15, -0.1) is 0 Å². The molecule has 1 heterocycles. The molecule has 180 valence electrons. The quantitative estimate of drug-likeness (QED) is 0.345. The van der Waals surface area contributed by atoms with Gasteiger partial charge in [-0.2, -0.15) is 0 Å². The summed E-state index contributed by atoms with van der Waals surface area (Å²) in [7, 11) is 1.61. The highest BCUT2D eigenvalue weighted by Crippen LogP contribution is 2.24. The van der Waals surface area contributed by atoms with E-state index < -0.39 is 5.25 Å². The van der Waals surface area contributed by atoms with Gasteiger partial charge in [0, 0.05) is 19.3 Å². The van der Waals surface area contributed by atoms with Crippen LogP contribution in [0.2, 0.25) is 0 Å². The summed E-state index contributed by atoms with van der Waals surface area (Å²) in [5.41, 5.74) is 2.33. The number of unbranched alkanes of at least 4 members (excludes halogenated alkanes) is 1. The van der Waals surface area contributed by atoms with E-state index in [0.29, 0.717) is 22.6 Å². The second-order valence-electron chi connectivity index (χ2n) is 8.24.